The van der Waals surface area contributed by atoms with Crippen LogP contribution in [0.2, 0.25) is 0 Å². The second kappa shape index (κ2) is 9.81. The number of phenolic OH excluding ortho intramolecular Hbond substituents is 1. The fourth-order valence-corrected chi connectivity index (χ4v) is 5.28. The van der Waals surface area contributed by atoms with Crippen LogP contribution in [0.5, 0.6) is 11.5 Å². The fourth-order valence-electron chi connectivity index (χ4n) is 4.49. The van der Waals surface area contributed by atoms with Crippen molar-refractivity contribution in [2.45, 2.75) is 25.7 Å². The van der Waals surface area contributed by atoms with Gasteiger partial charge in [0.15, 0.2) is 0 Å². The monoisotopic (exact) mass is 461 g/mol. The number of nitrogens with zero attached hydrogens (tertiary/aromatic N) is 1. The van der Waals surface area contributed by atoms with Gasteiger partial charge in [0, 0.05) is 22.9 Å². The molecular weight excluding hydrogens is 434 g/mol. The SMILES string of the molecule is O=c1oc2cc(O)ccc2c(Cc2ccc(OCCN3CCCCC3)cc2)c1-c1cccs1. The summed E-state index contributed by atoms with van der Waals surface area (Å²) in [5.41, 5.74) is 2.58. The molecule has 170 valence electrons. The molecular formula is C27H27NO4S. The van der Waals surface area contributed by atoms with Crippen LogP contribution in [0.15, 0.2) is 69.2 Å². The number of rotatable bonds is 7. The summed E-state index contributed by atoms with van der Waals surface area (Å²) in [4.78, 5) is 16.2. The van der Waals surface area contributed by atoms with Crippen LogP contribution >= 0.6 is 11.3 Å². The standard InChI is InChI=1S/C27H27NO4S/c29-20-8-11-22-23(26(25-5-4-16-33-25)27(30)32-24(22)18-20)17-19-6-9-21(10-7-19)31-15-14-28-12-2-1-3-13-28/h4-11,16,18,29H,1-3,12-15,17H2. The van der Waals surface area contributed by atoms with Gasteiger partial charge in [0.2, 0.25) is 0 Å². The zero-order valence-electron chi connectivity index (χ0n) is 18.5. The Hall–Kier alpha value is -3.09. The molecule has 0 aliphatic carbocycles. The molecule has 0 atom stereocenters. The average Bonchev–Trinajstić information content (AvgIpc) is 3.35. The number of fused-ring (bicyclic) bond motifs is 1. The van der Waals surface area contributed by atoms with E-state index in [1.54, 1.807) is 6.07 Å². The minimum absolute atomic E-state index is 0.0755. The molecule has 1 fully saturated rings. The lowest BCUT2D eigenvalue weighted by Gasteiger charge is -2.26. The van der Waals surface area contributed by atoms with E-state index >= 15 is 0 Å². The Balaban J connectivity index is 1.38. The van der Waals surface area contributed by atoms with E-state index in [1.807, 2.05) is 35.7 Å². The summed E-state index contributed by atoms with van der Waals surface area (Å²) >= 11 is 1.52. The van der Waals surface area contributed by atoms with Crippen molar-refractivity contribution in [1.29, 1.82) is 0 Å². The largest absolute Gasteiger partial charge is 0.508 e. The first-order valence-electron chi connectivity index (χ1n) is 11.4. The van der Waals surface area contributed by atoms with Crippen molar-refractivity contribution in [3.05, 3.63) is 81.5 Å². The quantitative estimate of drug-likeness (QED) is 0.359. The predicted molar refractivity (Wildman–Crippen MR) is 132 cm³/mol. The van der Waals surface area contributed by atoms with Crippen molar-refractivity contribution >= 4 is 22.3 Å². The highest BCUT2D eigenvalue weighted by atomic mass is 32.1. The molecule has 1 saturated heterocycles. The van der Waals surface area contributed by atoms with Gasteiger partial charge in [0.25, 0.3) is 0 Å². The minimum atomic E-state index is -0.386. The van der Waals surface area contributed by atoms with Gasteiger partial charge in [-0.25, -0.2) is 4.79 Å². The highest BCUT2D eigenvalue weighted by Gasteiger charge is 2.18. The van der Waals surface area contributed by atoms with Crippen LogP contribution in [-0.4, -0.2) is 36.2 Å². The molecule has 5 rings (SSSR count). The smallest absolute Gasteiger partial charge is 0.345 e. The Kier molecular flexibility index (Phi) is 6.46. The van der Waals surface area contributed by atoms with Gasteiger partial charge < -0.3 is 14.3 Å². The molecule has 0 spiro atoms. The summed E-state index contributed by atoms with van der Waals surface area (Å²) in [6.45, 7) is 4.00. The van der Waals surface area contributed by atoms with Crippen LogP contribution in [-0.2, 0) is 6.42 Å². The van der Waals surface area contributed by atoms with Crippen molar-refractivity contribution in [2.75, 3.05) is 26.2 Å². The maximum atomic E-state index is 12.9. The Morgan fingerprint density at radius 3 is 2.61 bits per heavy atom. The molecule has 5 nitrogen and oxygen atoms in total. The Morgan fingerprint density at radius 1 is 1.03 bits per heavy atom. The summed E-state index contributed by atoms with van der Waals surface area (Å²) in [7, 11) is 0. The highest BCUT2D eigenvalue weighted by Crippen LogP contribution is 2.33. The van der Waals surface area contributed by atoms with E-state index in [9.17, 15) is 9.90 Å². The second-order valence-corrected chi connectivity index (χ2v) is 9.42. The van der Waals surface area contributed by atoms with E-state index in [2.05, 4.69) is 17.0 Å². The van der Waals surface area contributed by atoms with Crippen molar-refractivity contribution in [3.8, 4) is 21.9 Å². The fraction of sp³-hybridized carbons (Fsp3) is 0.296. The first-order chi connectivity index (χ1) is 16.2. The molecule has 2 aromatic carbocycles. The lowest BCUT2D eigenvalue weighted by Crippen LogP contribution is -2.33. The average molecular weight is 462 g/mol. The lowest BCUT2D eigenvalue weighted by atomic mass is 9.96. The summed E-state index contributed by atoms with van der Waals surface area (Å²) in [6, 6.07) is 16.9. The maximum absolute atomic E-state index is 12.9. The molecule has 2 aromatic heterocycles. The number of ether oxygens (including phenoxy) is 1. The van der Waals surface area contributed by atoms with Gasteiger partial charge in [-0.05, 0) is 79.2 Å². The molecule has 1 aliphatic heterocycles. The van der Waals surface area contributed by atoms with Gasteiger partial charge in [-0.15, -0.1) is 11.3 Å². The third-order valence-electron chi connectivity index (χ3n) is 6.20. The minimum Gasteiger partial charge on any atom is -0.508 e. The summed E-state index contributed by atoms with van der Waals surface area (Å²) < 4.78 is 11.5. The molecule has 0 amide bonds. The molecule has 6 heteroatoms. The molecule has 0 unspecified atom stereocenters. The van der Waals surface area contributed by atoms with Crippen molar-refractivity contribution < 1.29 is 14.3 Å². The maximum Gasteiger partial charge on any atom is 0.345 e. The topological polar surface area (TPSA) is 62.9 Å². The molecule has 33 heavy (non-hydrogen) atoms. The Bertz CT molecular complexity index is 1270. The molecule has 0 saturated carbocycles. The number of aromatic hydroxyl groups is 1. The lowest BCUT2D eigenvalue weighted by molar-refractivity contribution is 0.183. The van der Waals surface area contributed by atoms with Crippen LogP contribution in [0.3, 0.4) is 0 Å². The summed E-state index contributed by atoms with van der Waals surface area (Å²) in [5, 5.41) is 12.6. The van der Waals surface area contributed by atoms with E-state index in [0.717, 1.165) is 33.7 Å². The second-order valence-electron chi connectivity index (χ2n) is 8.47. The number of phenols is 1. The van der Waals surface area contributed by atoms with Crippen molar-refractivity contribution in [1.82, 2.24) is 4.90 Å². The zero-order chi connectivity index (χ0) is 22.6. The Morgan fingerprint density at radius 2 is 1.85 bits per heavy atom. The summed E-state index contributed by atoms with van der Waals surface area (Å²) in [6.07, 6.45) is 4.49. The zero-order valence-corrected chi connectivity index (χ0v) is 19.3. The molecule has 3 heterocycles. The predicted octanol–water partition coefficient (Wildman–Crippen LogP) is 5.68. The number of likely N-dealkylation sites (tertiary alicyclic amines) is 1. The number of hydrogen-bond acceptors (Lipinski definition) is 6. The first-order valence-corrected chi connectivity index (χ1v) is 12.3. The van der Waals surface area contributed by atoms with Gasteiger partial charge in [-0.1, -0.05) is 24.6 Å². The number of thiophene rings is 1. The number of piperidine rings is 1. The van der Waals surface area contributed by atoms with Gasteiger partial charge in [-0.2, -0.15) is 0 Å². The third kappa shape index (κ3) is 4.97. The van der Waals surface area contributed by atoms with Crippen molar-refractivity contribution in [2.24, 2.45) is 0 Å². The van der Waals surface area contributed by atoms with E-state index in [1.165, 1.54) is 49.8 Å². The van der Waals surface area contributed by atoms with Crippen LogP contribution < -0.4 is 10.4 Å². The van der Waals surface area contributed by atoms with Gasteiger partial charge in [0.1, 0.15) is 23.7 Å². The van der Waals surface area contributed by atoms with Gasteiger partial charge >= 0.3 is 5.63 Å². The molecule has 4 aromatic rings. The normalized spacial score (nSPS) is 14.5. The molecule has 0 bridgehead atoms. The first kappa shape index (κ1) is 21.7. The molecule has 1 N–H and O–H groups in total. The highest BCUT2D eigenvalue weighted by molar-refractivity contribution is 7.13. The third-order valence-corrected chi connectivity index (χ3v) is 7.08. The van der Waals surface area contributed by atoms with E-state index < -0.39 is 0 Å². The number of benzene rings is 2. The van der Waals surface area contributed by atoms with Crippen molar-refractivity contribution in [3.63, 3.8) is 0 Å². The Labute approximate surface area is 196 Å². The summed E-state index contributed by atoms with van der Waals surface area (Å²) in [5.74, 6) is 0.933. The number of hydrogen-bond donors (Lipinski definition) is 1. The van der Waals surface area contributed by atoms with Gasteiger partial charge in [0.05, 0.1) is 5.56 Å². The molecule has 1 aliphatic rings. The molecule has 0 radical (unpaired) electrons. The van der Waals surface area contributed by atoms with Crippen LogP contribution in [0.25, 0.3) is 21.4 Å². The van der Waals surface area contributed by atoms with Gasteiger partial charge in [-0.3, -0.25) is 4.90 Å². The van der Waals surface area contributed by atoms with Crippen LogP contribution in [0, 0.1) is 0 Å². The van der Waals surface area contributed by atoms with E-state index in [0.29, 0.717) is 24.2 Å². The van der Waals surface area contributed by atoms with E-state index in [4.69, 9.17) is 9.15 Å². The van der Waals surface area contributed by atoms with Crippen LogP contribution in [0.1, 0.15) is 30.4 Å². The van der Waals surface area contributed by atoms with E-state index in [-0.39, 0.29) is 11.4 Å². The van der Waals surface area contributed by atoms with Crippen LogP contribution in [0.4, 0.5) is 0 Å².